The molecule has 5 nitrogen and oxygen atoms in total. The number of amides is 1. The molecule has 3 aliphatic rings. The Morgan fingerprint density at radius 2 is 1.67 bits per heavy atom. The monoisotopic (exact) mass is 272 g/mol. The van der Waals surface area contributed by atoms with E-state index in [-0.39, 0.29) is 17.1 Å². The van der Waals surface area contributed by atoms with Crippen molar-refractivity contribution in [2.24, 2.45) is 5.92 Å². The lowest BCUT2D eigenvalue weighted by atomic mass is 10.3. The van der Waals surface area contributed by atoms with E-state index in [2.05, 4.69) is 0 Å². The SMILES string of the molecule is O=C(C1CC1)N1CCCN(S(=O)(=O)C2CC2)CC1. The molecule has 0 aromatic heterocycles. The molecule has 0 aromatic carbocycles. The predicted octanol–water partition coefficient (Wildman–Crippen LogP) is 0.423. The molecule has 0 bridgehead atoms. The van der Waals surface area contributed by atoms with Crippen molar-refractivity contribution >= 4 is 15.9 Å². The molecule has 1 heterocycles. The molecular weight excluding hydrogens is 252 g/mol. The van der Waals surface area contributed by atoms with Crippen molar-refractivity contribution in [3.8, 4) is 0 Å². The van der Waals surface area contributed by atoms with Crippen LogP contribution in [-0.4, -0.2) is 55.0 Å². The zero-order chi connectivity index (χ0) is 12.8. The second-order valence-corrected chi connectivity index (χ2v) is 7.81. The number of carbonyl (C=O) groups is 1. The predicted molar refractivity (Wildman–Crippen MR) is 67.4 cm³/mol. The van der Waals surface area contributed by atoms with Gasteiger partial charge in [-0.15, -0.1) is 0 Å². The highest BCUT2D eigenvalue weighted by atomic mass is 32.2. The average Bonchev–Trinajstić information content (AvgIpc) is 3.25. The maximum atomic E-state index is 12.1. The van der Waals surface area contributed by atoms with Gasteiger partial charge in [-0.05, 0) is 32.1 Å². The van der Waals surface area contributed by atoms with Crippen LogP contribution in [0.4, 0.5) is 0 Å². The fraction of sp³-hybridized carbons (Fsp3) is 0.917. The molecule has 0 aromatic rings. The number of hydrogen-bond acceptors (Lipinski definition) is 3. The fourth-order valence-electron chi connectivity index (χ4n) is 2.53. The Hall–Kier alpha value is -0.620. The number of sulfonamides is 1. The highest BCUT2D eigenvalue weighted by Crippen LogP contribution is 2.33. The van der Waals surface area contributed by atoms with E-state index in [1.165, 1.54) is 0 Å². The third-order valence-electron chi connectivity index (χ3n) is 4.00. The van der Waals surface area contributed by atoms with Crippen LogP contribution in [0.15, 0.2) is 0 Å². The Balaban J connectivity index is 1.62. The van der Waals surface area contributed by atoms with Crippen molar-refractivity contribution in [2.45, 2.75) is 37.4 Å². The Morgan fingerprint density at radius 1 is 0.944 bits per heavy atom. The second kappa shape index (κ2) is 4.49. The Bertz CT molecular complexity index is 440. The molecule has 6 heteroatoms. The van der Waals surface area contributed by atoms with Gasteiger partial charge in [0.1, 0.15) is 0 Å². The van der Waals surface area contributed by atoms with Gasteiger partial charge in [0.2, 0.25) is 15.9 Å². The van der Waals surface area contributed by atoms with Gasteiger partial charge >= 0.3 is 0 Å². The minimum absolute atomic E-state index is 0.136. The van der Waals surface area contributed by atoms with Crippen LogP contribution in [0, 0.1) is 5.92 Å². The lowest BCUT2D eigenvalue weighted by Crippen LogP contribution is -2.39. The summed E-state index contributed by atoms with van der Waals surface area (Å²) in [5.41, 5.74) is 0. The van der Waals surface area contributed by atoms with E-state index in [1.807, 2.05) is 4.90 Å². The molecule has 3 rings (SSSR count). The maximum absolute atomic E-state index is 12.1. The largest absolute Gasteiger partial charge is 0.341 e. The van der Waals surface area contributed by atoms with Gasteiger partial charge in [-0.1, -0.05) is 0 Å². The Kier molecular flexibility index (Phi) is 3.10. The summed E-state index contributed by atoms with van der Waals surface area (Å²) in [6, 6.07) is 0. The van der Waals surface area contributed by atoms with Crippen molar-refractivity contribution < 1.29 is 13.2 Å². The van der Waals surface area contributed by atoms with E-state index in [1.54, 1.807) is 4.31 Å². The second-order valence-electron chi connectivity index (χ2n) is 5.60. The molecule has 0 atom stereocenters. The first-order valence-corrected chi connectivity index (χ1v) is 8.37. The van der Waals surface area contributed by atoms with Crippen molar-refractivity contribution in [1.82, 2.24) is 9.21 Å². The third-order valence-corrected chi connectivity index (χ3v) is 6.40. The summed E-state index contributed by atoms with van der Waals surface area (Å²) in [6.07, 6.45) is 4.41. The van der Waals surface area contributed by atoms with Crippen LogP contribution in [0.2, 0.25) is 0 Å². The van der Waals surface area contributed by atoms with Gasteiger partial charge < -0.3 is 4.90 Å². The molecule has 102 valence electrons. The van der Waals surface area contributed by atoms with E-state index in [0.29, 0.717) is 26.2 Å². The standard InChI is InChI=1S/C12H20N2O3S/c15-12(10-2-3-10)13-6-1-7-14(9-8-13)18(16,17)11-4-5-11/h10-11H,1-9H2. The smallest absolute Gasteiger partial charge is 0.225 e. The molecule has 2 aliphatic carbocycles. The Labute approximate surface area is 108 Å². The zero-order valence-electron chi connectivity index (χ0n) is 10.5. The van der Waals surface area contributed by atoms with Crippen molar-refractivity contribution in [1.29, 1.82) is 0 Å². The summed E-state index contributed by atoms with van der Waals surface area (Å²) in [7, 11) is -3.07. The molecular formula is C12H20N2O3S. The number of rotatable bonds is 3. The van der Waals surface area contributed by atoms with Gasteiger partial charge in [-0.3, -0.25) is 4.79 Å². The van der Waals surface area contributed by atoms with Crippen molar-refractivity contribution in [2.75, 3.05) is 26.2 Å². The molecule has 3 fully saturated rings. The van der Waals surface area contributed by atoms with E-state index >= 15 is 0 Å². The maximum Gasteiger partial charge on any atom is 0.225 e. The van der Waals surface area contributed by atoms with Crippen LogP contribution in [0.1, 0.15) is 32.1 Å². The summed E-state index contributed by atoms with van der Waals surface area (Å²) < 4.78 is 25.9. The number of hydrogen-bond donors (Lipinski definition) is 0. The highest BCUT2D eigenvalue weighted by molar-refractivity contribution is 7.90. The molecule has 2 saturated carbocycles. The van der Waals surface area contributed by atoms with Gasteiger partial charge in [0, 0.05) is 32.1 Å². The summed E-state index contributed by atoms with van der Waals surface area (Å²) in [5.74, 6) is 0.470. The van der Waals surface area contributed by atoms with E-state index < -0.39 is 10.0 Å². The summed E-state index contributed by atoms with van der Waals surface area (Å²) in [4.78, 5) is 13.8. The fourth-order valence-corrected chi connectivity index (χ4v) is 4.41. The molecule has 0 radical (unpaired) electrons. The van der Waals surface area contributed by atoms with Gasteiger partial charge in [-0.25, -0.2) is 8.42 Å². The quantitative estimate of drug-likeness (QED) is 0.748. The summed E-state index contributed by atoms with van der Waals surface area (Å²) >= 11 is 0. The van der Waals surface area contributed by atoms with E-state index in [4.69, 9.17) is 0 Å². The topological polar surface area (TPSA) is 57.7 Å². The molecule has 0 N–H and O–H groups in total. The molecule has 1 amide bonds. The lowest BCUT2D eigenvalue weighted by molar-refractivity contribution is -0.132. The first-order chi connectivity index (χ1) is 8.59. The minimum Gasteiger partial charge on any atom is -0.341 e. The third kappa shape index (κ3) is 2.40. The number of nitrogens with zero attached hydrogens (tertiary/aromatic N) is 2. The molecule has 1 saturated heterocycles. The van der Waals surface area contributed by atoms with Crippen LogP contribution in [0.3, 0.4) is 0 Å². The van der Waals surface area contributed by atoms with Crippen LogP contribution in [0.25, 0.3) is 0 Å². The van der Waals surface area contributed by atoms with Crippen LogP contribution in [-0.2, 0) is 14.8 Å². The van der Waals surface area contributed by atoms with Crippen LogP contribution < -0.4 is 0 Å². The van der Waals surface area contributed by atoms with Gasteiger partial charge in [0.15, 0.2) is 0 Å². The zero-order valence-corrected chi connectivity index (χ0v) is 11.4. The van der Waals surface area contributed by atoms with E-state index in [9.17, 15) is 13.2 Å². The van der Waals surface area contributed by atoms with Crippen LogP contribution >= 0.6 is 0 Å². The lowest BCUT2D eigenvalue weighted by Gasteiger charge is -2.21. The average molecular weight is 272 g/mol. The van der Waals surface area contributed by atoms with E-state index in [0.717, 1.165) is 32.1 Å². The molecule has 0 unspecified atom stereocenters. The first kappa shape index (κ1) is 12.4. The van der Waals surface area contributed by atoms with Gasteiger partial charge in [0.05, 0.1) is 5.25 Å². The highest BCUT2D eigenvalue weighted by Gasteiger charge is 2.41. The summed E-state index contributed by atoms with van der Waals surface area (Å²) in [6.45, 7) is 2.35. The number of carbonyl (C=O) groups excluding carboxylic acids is 1. The minimum atomic E-state index is -3.07. The Morgan fingerprint density at radius 3 is 2.28 bits per heavy atom. The van der Waals surface area contributed by atoms with Crippen molar-refractivity contribution in [3.63, 3.8) is 0 Å². The van der Waals surface area contributed by atoms with Crippen molar-refractivity contribution in [3.05, 3.63) is 0 Å². The van der Waals surface area contributed by atoms with Gasteiger partial charge in [0.25, 0.3) is 0 Å². The molecule has 1 aliphatic heterocycles. The van der Waals surface area contributed by atoms with Crippen LogP contribution in [0.5, 0.6) is 0 Å². The normalized spacial score (nSPS) is 27.0. The molecule has 18 heavy (non-hydrogen) atoms. The molecule has 0 spiro atoms. The first-order valence-electron chi connectivity index (χ1n) is 6.87. The van der Waals surface area contributed by atoms with Gasteiger partial charge in [-0.2, -0.15) is 4.31 Å². The summed E-state index contributed by atoms with van der Waals surface area (Å²) in [5, 5.41) is -0.136.